The van der Waals surface area contributed by atoms with Crippen LogP contribution in [0.3, 0.4) is 0 Å². The molecule has 0 radical (unpaired) electrons. The lowest BCUT2D eigenvalue weighted by Crippen LogP contribution is -2.33. The van der Waals surface area contributed by atoms with Gasteiger partial charge >= 0.3 is 0 Å². The number of rotatable bonds is 2. The molecule has 0 spiro atoms. The van der Waals surface area contributed by atoms with Crippen molar-refractivity contribution in [3.63, 3.8) is 0 Å². The summed E-state index contributed by atoms with van der Waals surface area (Å²) in [6, 6.07) is 7.85. The van der Waals surface area contributed by atoms with Crippen LogP contribution in [0.25, 0.3) is 0 Å². The molecule has 124 valence electrons. The lowest BCUT2D eigenvalue weighted by molar-refractivity contribution is -0.117. The number of hydrogen-bond acceptors (Lipinski definition) is 5. The van der Waals surface area contributed by atoms with Crippen molar-refractivity contribution in [1.82, 2.24) is 14.8 Å². The molecule has 1 aromatic carbocycles. The van der Waals surface area contributed by atoms with Crippen LogP contribution in [-0.2, 0) is 4.79 Å². The second-order valence-electron chi connectivity index (χ2n) is 6.28. The normalized spacial score (nSPS) is 22.9. The van der Waals surface area contributed by atoms with Crippen LogP contribution >= 0.6 is 27.7 Å². The summed E-state index contributed by atoms with van der Waals surface area (Å²) >= 11 is 5.04. The Hall–Kier alpha value is -1.60. The van der Waals surface area contributed by atoms with E-state index in [4.69, 9.17) is 0 Å². The highest BCUT2D eigenvalue weighted by molar-refractivity contribution is 9.10. The number of fused-ring (bicyclic) bond motifs is 1. The zero-order valence-corrected chi connectivity index (χ0v) is 15.8. The third-order valence-electron chi connectivity index (χ3n) is 4.45. The van der Waals surface area contributed by atoms with Gasteiger partial charge in [-0.25, -0.2) is 4.68 Å². The standard InChI is InChI=1S/C17H17BrN4OS/c1-9-6-12-14(13(23)7-9)15(10-4-3-5-11(18)8-10)22-16(19-12)20-17(21-22)24-2/h3-5,8-9,15H,6-7H2,1-2H3,(H,19,20,21)/t9-,15+/m1/s1. The van der Waals surface area contributed by atoms with Crippen molar-refractivity contribution in [2.45, 2.75) is 31.0 Å². The summed E-state index contributed by atoms with van der Waals surface area (Å²) in [5, 5.41) is 8.66. The van der Waals surface area contributed by atoms with Gasteiger partial charge in [0.1, 0.15) is 6.04 Å². The molecule has 1 aliphatic carbocycles. The summed E-state index contributed by atoms with van der Waals surface area (Å²) < 4.78 is 2.84. The minimum Gasteiger partial charge on any atom is -0.328 e. The summed E-state index contributed by atoms with van der Waals surface area (Å²) in [5.74, 6) is 1.26. The number of Topliss-reactive ketones (excluding diaryl/α,β-unsaturated/α-hetero) is 1. The van der Waals surface area contributed by atoms with Gasteiger partial charge in [0.25, 0.3) is 0 Å². The number of thioether (sulfide) groups is 1. The molecule has 24 heavy (non-hydrogen) atoms. The molecular formula is C17H17BrN4OS. The first kappa shape index (κ1) is 15.9. The van der Waals surface area contributed by atoms with E-state index in [1.54, 1.807) is 0 Å². The van der Waals surface area contributed by atoms with E-state index in [0.29, 0.717) is 23.4 Å². The lowest BCUT2D eigenvalue weighted by atomic mass is 9.81. The molecule has 5 nitrogen and oxygen atoms in total. The number of nitrogens with one attached hydrogen (secondary N) is 1. The quantitative estimate of drug-likeness (QED) is 0.765. The van der Waals surface area contributed by atoms with Gasteiger partial charge < -0.3 is 5.32 Å². The van der Waals surface area contributed by atoms with E-state index in [0.717, 1.165) is 27.7 Å². The van der Waals surface area contributed by atoms with Crippen molar-refractivity contribution < 1.29 is 4.79 Å². The van der Waals surface area contributed by atoms with Gasteiger partial charge in [-0.1, -0.05) is 46.7 Å². The van der Waals surface area contributed by atoms with E-state index in [2.05, 4.69) is 44.3 Å². The Morgan fingerprint density at radius 3 is 2.96 bits per heavy atom. The van der Waals surface area contributed by atoms with Crippen molar-refractivity contribution in [2.75, 3.05) is 11.6 Å². The number of allylic oxidation sites excluding steroid dienone is 2. The minimum absolute atomic E-state index is 0.202. The predicted molar refractivity (Wildman–Crippen MR) is 98.1 cm³/mol. The van der Waals surface area contributed by atoms with Gasteiger partial charge in [0.15, 0.2) is 5.78 Å². The Kier molecular flexibility index (Phi) is 4.00. The van der Waals surface area contributed by atoms with Gasteiger partial charge in [-0.2, -0.15) is 4.98 Å². The van der Waals surface area contributed by atoms with E-state index < -0.39 is 0 Å². The second kappa shape index (κ2) is 6.04. The van der Waals surface area contributed by atoms with Crippen molar-refractivity contribution in [3.05, 3.63) is 45.6 Å². The Morgan fingerprint density at radius 1 is 1.38 bits per heavy atom. The molecule has 2 heterocycles. The molecule has 1 aromatic heterocycles. The van der Waals surface area contributed by atoms with Crippen molar-refractivity contribution in [2.24, 2.45) is 5.92 Å². The van der Waals surface area contributed by atoms with Crippen LogP contribution in [0.15, 0.2) is 45.2 Å². The maximum Gasteiger partial charge on any atom is 0.227 e. The van der Waals surface area contributed by atoms with Crippen LogP contribution in [0, 0.1) is 5.92 Å². The Morgan fingerprint density at radius 2 is 2.21 bits per heavy atom. The van der Waals surface area contributed by atoms with Gasteiger partial charge in [0, 0.05) is 22.2 Å². The van der Waals surface area contributed by atoms with Crippen molar-refractivity contribution in [3.8, 4) is 0 Å². The molecule has 2 atom stereocenters. The molecule has 1 N–H and O–H groups in total. The number of hydrogen-bond donors (Lipinski definition) is 1. The molecular weight excluding hydrogens is 388 g/mol. The van der Waals surface area contributed by atoms with Gasteiger partial charge in [-0.05, 0) is 36.3 Å². The van der Waals surface area contributed by atoms with E-state index in [1.165, 1.54) is 11.8 Å². The third-order valence-corrected chi connectivity index (χ3v) is 5.48. The summed E-state index contributed by atoms with van der Waals surface area (Å²) in [7, 11) is 0. The molecule has 0 saturated heterocycles. The number of anilines is 1. The molecule has 0 fully saturated rings. The minimum atomic E-state index is -0.220. The fourth-order valence-corrected chi connectivity index (χ4v) is 4.22. The summed E-state index contributed by atoms with van der Waals surface area (Å²) in [6.45, 7) is 2.12. The molecule has 4 rings (SSSR count). The van der Waals surface area contributed by atoms with Crippen LogP contribution in [-0.4, -0.2) is 26.8 Å². The number of aromatic nitrogens is 3. The largest absolute Gasteiger partial charge is 0.328 e. The second-order valence-corrected chi connectivity index (χ2v) is 7.97. The van der Waals surface area contributed by atoms with Crippen LogP contribution in [0.4, 0.5) is 5.95 Å². The maximum absolute atomic E-state index is 12.8. The van der Waals surface area contributed by atoms with Crippen LogP contribution in [0.5, 0.6) is 0 Å². The summed E-state index contributed by atoms with van der Waals surface area (Å²) in [6.07, 6.45) is 3.41. The monoisotopic (exact) mass is 404 g/mol. The van der Waals surface area contributed by atoms with Crippen LogP contribution < -0.4 is 5.32 Å². The average Bonchev–Trinajstić information content (AvgIpc) is 2.95. The predicted octanol–water partition coefficient (Wildman–Crippen LogP) is 4.03. The maximum atomic E-state index is 12.8. The lowest BCUT2D eigenvalue weighted by Gasteiger charge is -2.34. The Labute approximate surface area is 153 Å². The summed E-state index contributed by atoms with van der Waals surface area (Å²) in [5.41, 5.74) is 2.87. The third kappa shape index (κ3) is 2.59. The fraction of sp³-hybridized carbons (Fsp3) is 0.353. The average molecular weight is 405 g/mol. The number of benzene rings is 1. The van der Waals surface area contributed by atoms with Crippen LogP contribution in [0.1, 0.15) is 31.4 Å². The molecule has 0 bridgehead atoms. The highest BCUT2D eigenvalue weighted by atomic mass is 79.9. The first-order valence-corrected chi connectivity index (χ1v) is 9.88. The number of halogens is 1. The zero-order valence-electron chi connectivity index (χ0n) is 13.4. The molecule has 0 unspecified atom stereocenters. The number of carbonyl (C=O) groups excluding carboxylic acids is 1. The van der Waals surface area contributed by atoms with Crippen molar-refractivity contribution >= 4 is 39.4 Å². The molecule has 0 amide bonds. The van der Waals surface area contributed by atoms with Gasteiger partial charge in [-0.15, -0.1) is 5.10 Å². The first-order valence-electron chi connectivity index (χ1n) is 7.86. The van der Waals surface area contributed by atoms with E-state index in [9.17, 15) is 4.79 Å². The summed E-state index contributed by atoms with van der Waals surface area (Å²) in [4.78, 5) is 17.4. The first-order chi connectivity index (χ1) is 11.6. The van der Waals surface area contributed by atoms with Crippen molar-refractivity contribution in [1.29, 1.82) is 0 Å². The van der Waals surface area contributed by atoms with Gasteiger partial charge in [-0.3, -0.25) is 4.79 Å². The molecule has 2 aromatic rings. The van der Waals surface area contributed by atoms with E-state index >= 15 is 0 Å². The Bertz CT molecular complexity index is 860. The number of nitrogens with zero attached hydrogens (tertiary/aromatic N) is 3. The van der Waals surface area contributed by atoms with E-state index in [-0.39, 0.29) is 11.8 Å². The number of carbonyl (C=O) groups is 1. The highest BCUT2D eigenvalue weighted by Crippen LogP contribution is 2.42. The Balaban J connectivity index is 1.92. The van der Waals surface area contributed by atoms with Gasteiger partial charge in [0.2, 0.25) is 11.1 Å². The van der Waals surface area contributed by atoms with Crippen LogP contribution in [0.2, 0.25) is 0 Å². The van der Waals surface area contributed by atoms with Gasteiger partial charge in [0.05, 0.1) is 0 Å². The topological polar surface area (TPSA) is 59.8 Å². The molecule has 0 saturated carbocycles. The molecule has 1 aliphatic heterocycles. The molecule has 7 heteroatoms. The van der Waals surface area contributed by atoms with E-state index in [1.807, 2.05) is 29.1 Å². The highest BCUT2D eigenvalue weighted by Gasteiger charge is 2.38. The number of ketones is 1. The molecule has 2 aliphatic rings. The zero-order chi connectivity index (χ0) is 16.8. The smallest absolute Gasteiger partial charge is 0.227 e. The SMILES string of the molecule is CSc1nc2n(n1)[C@@H](c1cccc(Br)c1)C1=C(C[C@@H](C)CC1=O)N2. The fourth-order valence-electron chi connectivity index (χ4n) is 3.46.